The lowest BCUT2D eigenvalue weighted by atomic mass is 10.2. The number of carbonyl (C=O) groups excluding carboxylic acids is 2. The van der Waals surface area contributed by atoms with Crippen molar-refractivity contribution in [3.05, 3.63) is 35.9 Å². The van der Waals surface area contributed by atoms with Crippen LogP contribution < -0.4 is 0 Å². The summed E-state index contributed by atoms with van der Waals surface area (Å²) in [5.41, 5.74) is 0.661. The molecule has 0 aromatic heterocycles. The summed E-state index contributed by atoms with van der Waals surface area (Å²) in [7, 11) is 0. The Morgan fingerprint density at radius 1 is 1.08 bits per heavy atom. The number of aliphatic imine (C=N–C) groups is 2. The molecule has 1 aromatic rings. The lowest BCUT2D eigenvalue weighted by Crippen LogP contribution is -1.89. The maximum absolute atomic E-state index is 9.98. The van der Waals surface area contributed by atoms with Gasteiger partial charge in [-0.1, -0.05) is 30.3 Å². The van der Waals surface area contributed by atoms with E-state index in [1.165, 1.54) is 12.2 Å². The summed E-state index contributed by atoms with van der Waals surface area (Å²) < 4.78 is 0. The van der Waals surface area contributed by atoms with Crippen LogP contribution in [0.25, 0.3) is 0 Å². The fraction of sp³-hybridized carbons (Fsp3) is 0.111. The Balaban J connectivity index is 0.00000169. The molecular formula is C9H7N2O2+. The largest absolute Gasteiger partial charge is 1.00 e. The summed E-state index contributed by atoms with van der Waals surface area (Å²) in [6.07, 6.45) is 1.90. The van der Waals surface area contributed by atoms with Crippen LogP contribution in [0.3, 0.4) is 0 Å². The maximum Gasteiger partial charge on any atom is 1.00 e. The zero-order valence-electron chi connectivity index (χ0n) is 7.68. The number of hydrogen-bond donors (Lipinski definition) is 0. The highest BCUT2D eigenvalue weighted by Crippen LogP contribution is 2.16. The molecule has 0 saturated carbocycles. The number of nitrogens with zero attached hydrogens (tertiary/aromatic N) is 2. The molecule has 0 atom stereocenters. The highest BCUT2D eigenvalue weighted by molar-refractivity contribution is 5.39. The van der Waals surface area contributed by atoms with Crippen LogP contribution in [0, 0.1) is 0 Å². The van der Waals surface area contributed by atoms with Gasteiger partial charge in [0.15, 0.2) is 6.17 Å². The van der Waals surface area contributed by atoms with Crippen molar-refractivity contribution in [2.45, 2.75) is 6.17 Å². The van der Waals surface area contributed by atoms with Gasteiger partial charge in [0.25, 0.3) is 0 Å². The van der Waals surface area contributed by atoms with Crippen molar-refractivity contribution in [1.29, 1.82) is 0 Å². The van der Waals surface area contributed by atoms with Crippen molar-refractivity contribution in [2.75, 3.05) is 0 Å². The van der Waals surface area contributed by atoms with Gasteiger partial charge in [0, 0.05) is 0 Å². The molecule has 0 heterocycles. The fourth-order valence-electron chi connectivity index (χ4n) is 0.903. The average Bonchev–Trinajstić information content (AvgIpc) is 2.19. The maximum atomic E-state index is 9.98. The molecule has 1 rings (SSSR count). The van der Waals surface area contributed by atoms with Crippen molar-refractivity contribution >= 4 is 12.2 Å². The molecule has 0 unspecified atom stereocenters. The monoisotopic (exact) mass is 175 g/mol. The molecule has 0 radical (unpaired) electrons. The van der Waals surface area contributed by atoms with E-state index in [4.69, 9.17) is 0 Å². The van der Waals surface area contributed by atoms with E-state index >= 15 is 0 Å². The Kier molecular flexibility index (Phi) is 3.33. The molecule has 0 aliphatic rings. The van der Waals surface area contributed by atoms with Crippen LogP contribution in [0.15, 0.2) is 40.3 Å². The van der Waals surface area contributed by atoms with Crippen molar-refractivity contribution < 1.29 is 11.0 Å². The SMILES string of the molecule is O=C=NC(N=C=O)c1ccccc1.[H+]. The van der Waals surface area contributed by atoms with Crippen LogP contribution in [0.1, 0.15) is 13.2 Å². The van der Waals surface area contributed by atoms with E-state index in [9.17, 15) is 9.59 Å². The summed E-state index contributed by atoms with van der Waals surface area (Å²) in [6.45, 7) is 0. The van der Waals surface area contributed by atoms with Crippen molar-refractivity contribution in [2.24, 2.45) is 9.98 Å². The van der Waals surface area contributed by atoms with Crippen molar-refractivity contribution in [3.8, 4) is 0 Å². The van der Waals surface area contributed by atoms with Gasteiger partial charge >= 0.3 is 1.43 Å². The molecule has 4 nitrogen and oxygen atoms in total. The molecule has 0 spiro atoms. The van der Waals surface area contributed by atoms with Gasteiger partial charge in [-0.25, -0.2) is 9.59 Å². The van der Waals surface area contributed by atoms with E-state index < -0.39 is 6.17 Å². The zero-order valence-corrected chi connectivity index (χ0v) is 6.68. The second-order valence-corrected chi connectivity index (χ2v) is 2.23. The molecule has 0 saturated heterocycles. The van der Waals surface area contributed by atoms with Crippen LogP contribution in [0.5, 0.6) is 0 Å². The predicted molar refractivity (Wildman–Crippen MR) is 46.5 cm³/mol. The Bertz CT molecular complexity index is 350. The van der Waals surface area contributed by atoms with Gasteiger partial charge in [-0.3, -0.25) is 0 Å². The van der Waals surface area contributed by atoms with E-state index in [1.807, 2.05) is 6.07 Å². The van der Waals surface area contributed by atoms with Crippen molar-refractivity contribution in [1.82, 2.24) is 0 Å². The smallest absolute Gasteiger partial charge is 0.211 e. The molecule has 0 fully saturated rings. The van der Waals surface area contributed by atoms with Gasteiger partial charge < -0.3 is 0 Å². The molecule has 0 aliphatic heterocycles. The third-order valence-electron chi connectivity index (χ3n) is 1.45. The van der Waals surface area contributed by atoms with Gasteiger partial charge in [-0.05, 0) is 5.56 Å². The molecule has 13 heavy (non-hydrogen) atoms. The number of rotatable bonds is 3. The topological polar surface area (TPSA) is 58.9 Å². The normalized spacial score (nSPS) is 10.8. The van der Waals surface area contributed by atoms with Gasteiger partial charge in [0.05, 0.1) is 0 Å². The number of benzene rings is 1. The zero-order chi connectivity index (χ0) is 9.52. The summed E-state index contributed by atoms with van der Waals surface area (Å²) in [5.74, 6) is 0. The van der Waals surface area contributed by atoms with E-state index in [-0.39, 0.29) is 1.43 Å². The Labute approximate surface area is 76.1 Å². The average molecular weight is 175 g/mol. The first-order valence-electron chi connectivity index (χ1n) is 3.57. The van der Waals surface area contributed by atoms with Gasteiger partial charge in [0.2, 0.25) is 12.2 Å². The Morgan fingerprint density at radius 3 is 2.08 bits per heavy atom. The second kappa shape index (κ2) is 4.78. The minimum atomic E-state index is -0.809. The van der Waals surface area contributed by atoms with Crippen LogP contribution in [0.4, 0.5) is 0 Å². The summed E-state index contributed by atoms with van der Waals surface area (Å²) in [5, 5.41) is 0. The Morgan fingerprint density at radius 2 is 1.62 bits per heavy atom. The molecule has 1 aromatic carbocycles. The third kappa shape index (κ3) is 2.49. The third-order valence-corrected chi connectivity index (χ3v) is 1.45. The highest BCUT2D eigenvalue weighted by atomic mass is 16.1. The lowest BCUT2D eigenvalue weighted by Gasteiger charge is -2.01. The molecule has 0 bridgehead atoms. The van der Waals surface area contributed by atoms with Gasteiger partial charge in [-0.2, -0.15) is 9.98 Å². The predicted octanol–water partition coefficient (Wildman–Crippen LogP) is 1.47. The van der Waals surface area contributed by atoms with E-state index in [2.05, 4.69) is 9.98 Å². The summed E-state index contributed by atoms with van der Waals surface area (Å²) in [4.78, 5) is 26.7. The van der Waals surface area contributed by atoms with Crippen LogP contribution in [-0.2, 0) is 9.59 Å². The number of hydrogen-bond acceptors (Lipinski definition) is 4. The van der Waals surface area contributed by atoms with Crippen LogP contribution >= 0.6 is 0 Å². The molecule has 0 amide bonds. The first-order valence-corrected chi connectivity index (χ1v) is 3.57. The van der Waals surface area contributed by atoms with E-state index in [0.29, 0.717) is 5.56 Å². The fourth-order valence-corrected chi connectivity index (χ4v) is 0.903. The van der Waals surface area contributed by atoms with Gasteiger partial charge in [0.1, 0.15) is 0 Å². The standard InChI is InChI=1S/C9H6N2O2/c12-6-10-9(11-7-13)8-4-2-1-3-5-8/h1-5,9H/p+1. The van der Waals surface area contributed by atoms with Gasteiger partial charge in [-0.15, -0.1) is 0 Å². The van der Waals surface area contributed by atoms with E-state index in [0.717, 1.165) is 0 Å². The molecule has 0 N–H and O–H groups in total. The first kappa shape index (κ1) is 9.07. The second-order valence-electron chi connectivity index (χ2n) is 2.23. The highest BCUT2D eigenvalue weighted by Gasteiger charge is 2.05. The molecule has 0 aliphatic carbocycles. The molecule has 4 heteroatoms. The minimum absolute atomic E-state index is 0. The Hall–Kier alpha value is -2.02. The minimum Gasteiger partial charge on any atom is -0.211 e. The lowest BCUT2D eigenvalue weighted by molar-refractivity contribution is 0.552. The molecule has 64 valence electrons. The number of isocyanates is 2. The van der Waals surface area contributed by atoms with Crippen LogP contribution in [-0.4, -0.2) is 12.2 Å². The quantitative estimate of drug-likeness (QED) is 0.515. The summed E-state index contributed by atoms with van der Waals surface area (Å²) >= 11 is 0. The van der Waals surface area contributed by atoms with Crippen molar-refractivity contribution in [3.63, 3.8) is 0 Å². The van der Waals surface area contributed by atoms with Crippen LogP contribution in [0.2, 0.25) is 0 Å². The summed E-state index contributed by atoms with van der Waals surface area (Å²) in [6, 6.07) is 8.78. The van der Waals surface area contributed by atoms with E-state index in [1.54, 1.807) is 24.3 Å². The molecular weight excluding hydrogens is 168 g/mol. The first-order chi connectivity index (χ1) is 6.38.